The second kappa shape index (κ2) is 8.00. The standard InChI is InChI=1S/C13H18ClF2NO.ClH/c1-7(2)3-6-10(18)13(17)11-8(15)4-5-9(16)12(11)14;/h4-5,7,10,13,18H,3,6,17H2,1-2H3;1H/t10-,13-;/m1./s1. The first kappa shape index (κ1) is 18.6. The van der Waals surface area contributed by atoms with Crippen LogP contribution in [0, 0.1) is 17.6 Å². The molecule has 0 aliphatic heterocycles. The molecule has 19 heavy (non-hydrogen) atoms. The van der Waals surface area contributed by atoms with Crippen LogP contribution in [0.5, 0.6) is 0 Å². The van der Waals surface area contributed by atoms with Gasteiger partial charge in [0.15, 0.2) is 0 Å². The van der Waals surface area contributed by atoms with Gasteiger partial charge in [-0.15, -0.1) is 12.4 Å². The zero-order valence-electron chi connectivity index (χ0n) is 10.9. The summed E-state index contributed by atoms with van der Waals surface area (Å²) in [4.78, 5) is 0. The van der Waals surface area contributed by atoms with E-state index in [1.165, 1.54) is 0 Å². The number of benzene rings is 1. The van der Waals surface area contributed by atoms with Crippen molar-refractivity contribution in [1.82, 2.24) is 0 Å². The minimum atomic E-state index is -1.02. The maximum Gasteiger partial charge on any atom is 0.142 e. The van der Waals surface area contributed by atoms with Gasteiger partial charge in [-0.2, -0.15) is 0 Å². The molecule has 1 aromatic carbocycles. The van der Waals surface area contributed by atoms with Gasteiger partial charge < -0.3 is 10.8 Å². The summed E-state index contributed by atoms with van der Waals surface area (Å²) < 4.78 is 26.9. The van der Waals surface area contributed by atoms with Gasteiger partial charge in [0.05, 0.1) is 17.2 Å². The lowest BCUT2D eigenvalue weighted by Gasteiger charge is -2.21. The minimum absolute atomic E-state index is 0. The lowest BCUT2D eigenvalue weighted by Crippen LogP contribution is -2.28. The molecule has 1 rings (SSSR count). The summed E-state index contributed by atoms with van der Waals surface area (Å²) in [5, 5.41) is 9.53. The Morgan fingerprint density at radius 1 is 1.21 bits per heavy atom. The SMILES string of the molecule is CC(C)CC[C@@H](O)[C@@H](N)c1c(F)ccc(F)c1Cl.Cl. The van der Waals surface area contributed by atoms with Crippen LogP contribution in [0.25, 0.3) is 0 Å². The molecule has 0 unspecified atom stereocenters. The molecule has 3 N–H and O–H groups in total. The van der Waals surface area contributed by atoms with Crippen LogP contribution in [0.2, 0.25) is 5.02 Å². The van der Waals surface area contributed by atoms with E-state index in [0.717, 1.165) is 18.6 Å². The highest BCUT2D eigenvalue weighted by molar-refractivity contribution is 6.31. The zero-order chi connectivity index (χ0) is 13.9. The van der Waals surface area contributed by atoms with Gasteiger partial charge in [-0.3, -0.25) is 0 Å². The van der Waals surface area contributed by atoms with Crippen molar-refractivity contribution in [2.45, 2.75) is 38.8 Å². The largest absolute Gasteiger partial charge is 0.391 e. The number of hydrogen-bond donors (Lipinski definition) is 2. The van der Waals surface area contributed by atoms with Crippen LogP contribution >= 0.6 is 24.0 Å². The van der Waals surface area contributed by atoms with Gasteiger partial charge in [-0.25, -0.2) is 8.78 Å². The quantitative estimate of drug-likeness (QED) is 0.811. The molecule has 0 amide bonds. The summed E-state index contributed by atoms with van der Waals surface area (Å²) >= 11 is 5.69. The molecule has 2 nitrogen and oxygen atoms in total. The van der Waals surface area contributed by atoms with Crippen molar-refractivity contribution in [2.24, 2.45) is 11.7 Å². The molecule has 1 aromatic rings. The van der Waals surface area contributed by atoms with Gasteiger partial charge >= 0.3 is 0 Å². The van der Waals surface area contributed by atoms with Crippen molar-refractivity contribution in [3.8, 4) is 0 Å². The first-order chi connectivity index (χ1) is 8.34. The molecule has 0 saturated carbocycles. The second-order valence-corrected chi connectivity index (χ2v) is 5.20. The Kier molecular flexibility index (Phi) is 7.82. The number of aliphatic hydroxyl groups excluding tert-OH is 1. The fraction of sp³-hybridized carbons (Fsp3) is 0.538. The maximum absolute atomic E-state index is 13.6. The van der Waals surface area contributed by atoms with Crippen LogP contribution in [0.1, 0.15) is 38.3 Å². The smallest absolute Gasteiger partial charge is 0.142 e. The molecule has 110 valence electrons. The van der Waals surface area contributed by atoms with Crippen LogP contribution < -0.4 is 5.73 Å². The predicted octanol–water partition coefficient (Wildman–Crippen LogP) is 3.84. The highest BCUT2D eigenvalue weighted by Crippen LogP contribution is 2.30. The lowest BCUT2D eigenvalue weighted by atomic mass is 9.95. The Balaban J connectivity index is 0.00000324. The van der Waals surface area contributed by atoms with E-state index in [1.54, 1.807) is 0 Å². The maximum atomic E-state index is 13.6. The Bertz CT molecular complexity index is 416. The van der Waals surface area contributed by atoms with E-state index in [1.807, 2.05) is 13.8 Å². The van der Waals surface area contributed by atoms with Gasteiger partial charge in [0.25, 0.3) is 0 Å². The number of nitrogens with two attached hydrogens (primary N) is 1. The van der Waals surface area contributed by atoms with Crippen LogP contribution in [-0.2, 0) is 0 Å². The van der Waals surface area contributed by atoms with Gasteiger partial charge in [-0.1, -0.05) is 25.4 Å². The molecule has 0 spiro atoms. The van der Waals surface area contributed by atoms with Crippen molar-refractivity contribution in [1.29, 1.82) is 0 Å². The third kappa shape index (κ3) is 4.88. The number of aliphatic hydroxyl groups is 1. The van der Waals surface area contributed by atoms with Crippen LogP contribution in [0.4, 0.5) is 8.78 Å². The van der Waals surface area contributed by atoms with Crippen LogP contribution in [0.3, 0.4) is 0 Å². The van der Waals surface area contributed by atoms with E-state index < -0.39 is 23.8 Å². The normalized spacial score (nSPS) is 14.1. The Morgan fingerprint density at radius 2 is 1.74 bits per heavy atom. The topological polar surface area (TPSA) is 46.2 Å². The Labute approximate surface area is 123 Å². The molecule has 0 aliphatic carbocycles. The third-order valence-electron chi connectivity index (χ3n) is 2.87. The van der Waals surface area contributed by atoms with Crippen molar-refractivity contribution < 1.29 is 13.9 Å². The zero-order valence-corrected chi connectivity index (χ0v) is 12.4. The lowest BCUT2D eigenvalue weighted by molar-refractivity contribution is 0.126. The summed E-state index contributed by atoms with van der Waals surface area (Å²) in [7, 11) is 0. The molecule has 0 aliphatic rings. The van der Waals surface area contributed by atoms with E-state index in [-0.39, 0.29) is 23.0 Å². The van der Waals surface area contributed by atoms with Gasteiger partial charge in [0, 0.05) is 5.56 Å². The number of hydrogen-bond acceptors (Lipinski definition) is 2. The molecule has 0 radical (unpaired) electrons. The van der Waals surface area contributed by atoms with Crippen LogP contribution in [-0.4, -0.2) is 11.2 Å². The summed E-state index contributed by atoms with van der Waals surface area (Å²) in [6.07, 6.45) is 0.232. The first-order valence-electron chi connectivity index (χ1n) is 5.91. The van der Waals surface area contributed by atoms with Crippen LogP contribution in [0.15, 0.2) is 12.1 Å². The van der Waals surface area contributed by atoms with Crippen molar-refractivity contribution in [2.75, 3.05) is 0 Å². The van der Waals surface area contributed by atoms with E-state index >= 15 is 0 Å². The van der Waals surface area contributed by atoms with E-state index in [4.69, 9.17) is 17.3 Å². The average Bonchev–Trinajstić information content (AvgIpc) is 2.31. The molecule has 0 fully saturated rings. The average molecular weight is 314 g/mol. The van der Waals surface area contributed by atoms with Crippen molar-refractivity contribution in [3.05, 3.63) is 34.4 Å². The Morgan fingerprint density at radius 3 is 2.26 bits per heavy atom. The molecular weight excluding hydrogens is 295 g/mol. The molecule has 6 heteroatoms. The number of rotatable bonds is 5. The molecule has 0 aromatic heterocycles. The number of halogens is 4. The minimum Gasteiger partial charge on any atom is -0.391 e. The van der Waals surface area contributed by atoms with Crippen molar-refractivity contribution >= 4 is 24.0 Å². The fourth-order valence-corrected chi connectivity index (χ4v) is 2.00. The van der Waals surface area contributed by atoms with Gasteiger partial charge in [-0.05, 0) is 30.9 Å². The van der Waals surface area contributed by atoms with Gasteiger partial charge in [0.2, 0.25) is 0 Å². The highest BCUT2D eigenvalue weighted by Gasteiger charge is 2.24. The molecule has 0 heterocycles. The second-order valence-electron chi connectivity index (χ2n) is 4.82. The molecule has 2 atom stereocenters. The summed E-state index contributed by atoms with van der Waals surface area (Å²) in [6, 6.07) is 0.881. The molecule has 0 saturated heterocycles. The van der Waals surface area contributed by atoms with E-state index in [2.05, 4.69) is 0 Å². The van der Waals surface area contributed by atoms with Crippen molar-refractivity contribution in [3.63, 3.8) is 0 Å². The summed E-state index contributed by atoms with van der Waals surface area (Å²) in [5.74, 6) is -1.03. The summed E-state index contributed by atoms with van der Waals surface area (Å²) in [5.41, 5.74) is 5.59. The molecule has 0 bridgehead atoms. The highest BCUT2D eigenvalue weighted by atomic mass is 35.5. The van der Waals surface area contributed by atoms with Gasteiger partial charge in [0.1, 0.15) is 11.6 Å². The third-order valence-corrected chi connectivity index (χ3v) is 3.25. The molecular formula is C13H19Cl2F2NO. The first-order valence-corrected chi connectivity index (χ1v) is 6.29. The van der Waals surface area contributed by atoms with E-state index in [0.29, 0.717) is 12.3 Å². The summed E-state index contributed by atoms with van der Waals surface area (Å²) in [6.45, 7) is 4.02. The Hall–Kier alpha value is -0.420. The predicted molar refractivity (Wildman–Crippen MR) is 75.6 cm³/mol. The fourth-order valence-electron chi connectivity index (χ4n) is 1.72. The monoisotopic (exact) mass is 313 g/mol. The van der Waals surface area contributed by atoms with E-state index in [9.17, 15) is 13.9 Å².